The Morgan fingerprint density at radius 3 is 2.37 bits per heavy atom. The molecule has 0 aliphatic carbocycles. The lowest BCUT2D eigenvalue weighted by atomic mass is 10.2. The van der Waals surface area contributed by atoms with Gasteiger partial charge in [-0.25, -0.2) is 0 Å². The average molecular weight is 410 g/mol. The minimum Gasteiger partial charge on any atom is -0.497 e. The summed E-state index contributed by atoms with van der Waals surface area (Å²) >= 11 is 0. The molecule has 2 heterocycles. The van der Waals surface area contributed by atoms with E-state index in [1.54, 1.807) is 19.2 Å². The van der Waals surface area contributed by atoms with E-state index in [0.717, 1.165) is 43.2 Å². The first-order valence-electron chi connectivity index (χ1n) is 9.87. The number of quaternary nitrogens is 1. The van der Waals surface area contributed by atoms with Crippen LogP contribution in [0.5, 0.6) is 5.75 Å². The van der Waals surface area contributed by atoms with E-state index in [1.807, 2.05) is 36.4 Å². The van der Waals surface area contributed by atoms with Crippen molar-refractivity contribution >= 4 is 11.4 Å². The second-order valence-corrected chi connectivity index (χ2v) is 7.31. The van der Waals surface area contributed by atoms with Crippen LogP contribution in [0.25, 0.3) is 11.5 Å². The van der Waals surface area contributed by atoms with Gasteiger partial charge < -0.3 is 19.0 Å². The number of aromatic nitrogens is 2. The van der Waals surface area contributed by atoms with E-state index in [0.29, 0.717) is 11.8 Å². The molecule has 156 valence electrons. The van der Waals surface area contributed by atoms with Gasteiger partial charge in [0.05, 0.1) is 38.2 Å². The van der Waals surface area contributed by atoms with Crippen LogP contribution in [0.15, 0.2) is 52.9 Å². The lowest BCUT2D eigenvalue weighted by molar-refractivity contribution is -0.931. The first-order chi connectivity index (χ1) is 14.5. The number of piperazine rings is 1. The van der Waals surface area contributed by atoms with Gasteiger partial charge in [0.25, 0.3) is 11.6 Å². The van der Waals surface area contributed by atoms with E-state index >= 15 is 0 Å². The molecule has 4 rings (SSSR count). The maximum absolute atomic E-state index is 10.8. The van der Waals surface area contributed by atoms with Gasteiger partial charge in [-0.15, -0.1) is 10.2 Å². The predicted octanol–water partition coefficient (Wildman–Crippen LogP) is 2.12. The summed E-state index contributed by atoms with van der Waals surface area (Å²) in [4.78, 5) is 14.1. The molecule has 0 unspecified atom stereocenters. The van der Waals surface area contributed by atoms with Crippen LogP contribution in [-0.2, 0) is 0 Å². The number of anilines is 1. The van der Waals surface area contributed by atoms with Gasteiger partial charge >= 0.3 is 0 Å². The highest BCUT2D eigenvalue weighted by atomic mass is 16.6. The highest BCUT2D eigenvalue weighted by molar-refractivity contribution is 5.54. The van der Waals surface area contributed by atoms with Crippen LogP contribution < -0.4 is 14.5 Å². The van der Waals surface area contributed by atoms with Crippen LogP contribution >= 0.6 is 0 Å². The summed E-state index contributed by atoms with van der Waals surface area (Å²) in [5, 5.41) is 19.3. The first kappa shape index (κ1) is 19.8. The number of ether oxygens (including phenoxy) is 1. The number of hydrogen-bond donors (Lipinski definition) is 1. The number of benzene rings is 2. The Labute approximate surface area is 174 Å². The summed E-state index contributed by atoms with van der Waals surface area (Å²) in [6, 6.07) is 14.3. The lowest BCUT2D eigenvalue weighted by Crippen LogP contribution is -3.14. The molecule has 1 N–H and O–H groups in total. The Hall–Kier alpha value is -3.46. The monoisotopic (exact) mass is 410 g/mol. The number of non-ortho nitro benzene ring substituents is 1. The Morgan fingerprint density at radius 2 is 1.77 bits per heavy atom. The molecular formula is C21H24N5O4+. The molecule has 1 atom stereocenters. The van der Waals surface area contributed by atoms with E-state index in [4.69, 9.17) is 9.15 Å². The van der Waals surface area contributed by atoms with Gasteiger partial charge in [0.1, 0.15) is 5.75 Å². The first-order valence-corrected chi connectivity index (χ1v) is 9.87. The molecule has 1 aromatic heterocycles. The molecule has 1 fully saturated rings. The number of nitro groups is 1. The topological polar surface area (TPSA) is 99.0 Å². The second kappa shape index (κ2) is 8.50. The largest absolute Gasteiger partial charge is 0.497 e. The maximum Gasteiger partial charge on any atom is 0.274 e. The molecule has 1 aliphatic rings. The van der Waals surface area contributed by atoms with Crippen LogP contribution in [0, 0.1) is 10.1 Å². The standard InChI is InChI=1S/C21H23N5O4/c1-15(20-22-23-21(30-20)16-3-9-19(29-2)10-4-16)24-11-13-25(14-12-24)17-5-7-18(8-6-17)26(27)28/h3-10,15H,11-14H2,1-2H3/p+1/t15-/m0/s1. The van der Waals surface area contributed by atoms with Crippen molar-refractivity contribution in [3.63, 3.8) is 0 Å². The molecule has 9 nitrogen and oxygen atoms in total. The van der Waals surface area contributed by atoms with Crippen LogP contribution in [0.1, 0.15) is 18.9 Å². The Bertz CT molecular complexity index is 995. The van der Waals surface area contributed by atoms with Crippen molar-refractivity contribution in [1.82, 2.24) is 10.2 Å². The van der Waals surface area contributed by atoms with E-state index in [9.17, 15) is 10.1 Å². The molecule has 30 heavy (non-hydrogen) atoms. The molecule has 0 radical (unpaired) electrons. The maximum atomic E-state index is 10.8. The minimum atomic E-state index is -0.377. The molecular weight excluding hydrogens is 386 g/mol. The third-order valence-corrected chi connectivity index (χ3v) is 5.59. The van der Waals surface area contributed by atoms with Crippen molar-refractivity contribution in [2.75, 3.05) is 38.2 Å². The zero-order chi connectivity index (χ0) is 21.1. The van der Waals surface area contributed by atoms with Crippen LogP contribution in [-0.4, -0.2) is 48.4 Å². The van der Waals surface area contributed by atoms with Gasteiger partial charge in [0, 0.05) is 23.4 Å². The van der Waals surface area contributed by atoms with Gasteiger partial charge in [-0.1, -0.05) is 0 Å². The highest BCUT2D eigenvalue weighted by Crippen LogP contribution is 2.23. The van der Waals surface area contributed by atoms with Gasteiger partial charge in [-0.2, -0.15) is 0 Å². The van der Waals surface area contributed by atoms with Crippen LogP contribution in [0.2, 0.25) is 0 Å². The SMILES string of the molecule is COc1ccc(-c2nnc([C@H](C)[NH+]3CCN(c4ccc([N+](=O)[O-])cc4)CC3)o2)cc1. The Morgan fingerprint density at radius 1 is 1.10 bits per heavy atom. The van der Waals surface area contributed by atoms with Crippen molar-refractivity contribution in [1.29, 1.82) is 0 Å². The number of rotatable bonds is 6. The number of nitro benzene ring substituents is 1. The molecule has 0 amide bonds. The van der Waals surface area contributed by atoms with Gasteiger partial charge in [-0.05, 0) is 43.3 Å². The summed E-state index contributed by atoms with van der Waals surface area (Å²) < 4.78 is 11.1. The predicted molar refractivity (Wildman–Crippen MR) is 111 cm³/mol. The van der Waals surface area contributed by atoms with Gasteiger partial charge in [-0.3, -0.25) is 10.1 Å². The van der Waals surface area contributed by atoms with Crippen LogP contribution in [0.3, 0.4) is 0 Å². The fourth-order valence-electron chi connectivity index (χ4n) is 3.70. The molecule has 0 saturated carbocycles. The molecule has 1 saturated heterocycles. The third kappa shape index (κ3) is 4.11. The average Bonchev–Trinajstić information content (AvgIpc) is 3.29. The summed E-state index contributed by atoms with van der Waals surface area (Å²) in [5.74, 6) is 1.91. The van der Waals surface area contributed by atoms with E-state index < -0.39 is 0 Å². The zero-order valence-corrected chi connectivity index (χ0v) is 16.9. The fraction of sp³-hybridized carbons (Fsp3) is 0.333. The third-order valence-electron chi connectivity index (χ3n) is 5.59. The smallest absolute Gasteiger partial charge is 0.274 e. The summed E-state index contributed by atoms with van der Waals surface area (Å²) in [6.07, 6.45) is 0. The number of nitrogens with zero attached hydrogens (tertiary/aromatic N) is 4. The van der Waals surface area contributed by atoms with Gasteiger partial charge in [0.2, 0.25) is 5.89 Å². The van der Waals surface area contributed by atoms with E-state index in [-0.39, 0.29) is 16.7 Å². The quantitative estimate of drug-likeness (QED) is 0.491. The summed E-state index contributed by atoms with van der Waals surface area (Å²) in [6.45, 7) is 5.65. The van der Waals surface area contributed by atoms with Crippen molar-refractivity contribution in [2.24, 2.45) is 0 Å². The Kier molecular flexibility index (Phi) is 5.62. The fourth-order valence-corrected chi connectivity index (χ4v) is 3.70. The van der Waals surface area contributed by atoms with Crippen molar-refractivity contribution in [3.8, 4) is 17.2 Å². The number of nitrogens with one attached hydrogen (secondary N) is 1. The van der Waals surface area contributed by atoms with Crippen molar-refractivity contribution in [2.45, 2.75) is 13.0 Å². The minimum absolute atomic E-state index is 0.0866. The summed E-state index contributed by atoms with van der Waals surface area (Å²) in [7, 11) is 1.63. The zero-order valence-electron chi connectivity index (χ0n) is 16.9. The molecule has 2 aromatic carbocycles. The summed E-state index contributed by atoms with van der Waals surface area (Å²) in [5.41, 5.74) is 1.98. The number of methoxy groups -OCH3 is 1. The number of hydrogen-bond acceptors (Lipinski definition) is 7. The highest BCUT2D eigenvalue weighted by Gasteiger charge is 2.29. The van der Waals surface area contributed by atoms with E-state index in [2.05, 4.69) is 22.0 Å². The molecule has 1 aliphatic heterocycles. The molecule has 0 spiro atoms. The lowest BCUT2D eigenvalue weighted by Gasteiger charge is -2.35. The van der Waals surface area contributed by atoms with Gasteiger partial charge in [0.15, 0.2) is 6.04 Å². The van der Waals surface area contributed by atoms with Crippen molar-refractivity contribution in [3.05, 3.63) is 64.5 Å². The van der Waals surface area contributed by atoms with Crippen LogP contribution in [0.4, 0.5) is 11.4 Å². The molecule has 0 bridgehead atoms. The van der Waals surface area contributed by atoms with Crippen molar-refractivity contribution < 1.29 is 19.0 Å². The Balaban J connectivity index is 1.37. The molecule has 3 aromatic rings. The normalized spacial score (nSPS) is 15.7. The second-order valence-electron chi connectivity index (χ2n) is 7.31. The molecule has 9 heteroatoms. The van der Waals surface area contributed by atoms with E-state index in [1.165, 1.54) is 4.90 Å².